The molecule has 86 valence electrons. The fraction of sp³-hybridized carbons (Fsp3) is 0.200. The first-order valence-electron chi connectivity index (χ1n) is 4.48. The van der Waals surface area contributed by atoms with Crippen LogP contribution in [0, 0.1) is 5.82 Å². The van der Waals surface area contributed by atoms with Crippen molar-refractivity contribution in [3.05, 3.63) is 29.6 Å². The fourth-order valence-corrected chi connectivity index (χ4v) is 1.12. The molecule has 6 heteroatoms. The molecule has 0 aliphatic rings. The van der Waals surface area contributed by atoms with Gasteiger partial charge >= 0.3 is 6.03 Å². The number of primary amides is 1. The van der Waals surface area contributed by atoms with Gasteiger partial charge in [-0.15, -0.1) is 0 Å². The van der Waals surface area contributed by atoms with Gasteiger partial charge in [0.05, 0.1) is 12.8 Å². The molecule has 0 saturated heterocycles. The number of hydrogen-bond acceptors (Lipinski definition) is 3. The third-order valence-corrected chi connectivity index (χ3v) is 1.90. The summed E-state index contributed by atoms with van der Waals surface area (Å²) in [7, 11) is 1.45. The van der Waals surface area contributed by atoms with E-state index in [0.29, 0.717) is 11.5 Å². The molecule has 0 aliphatic carbocycles. The summed E-state index contributed by atoms with van der Waals surface area (Å²) in [6.45, 7) is 1.56. The normalized spacial score (nSPS) is 11.1. The van der Waals surface area contributed by atoms with E-state index in [0.717, 1.165) is 0 Å². The maximum atomic E-state index is 13.5. The number of rotatable bonds is 3. The van der Waals surface area contributed by atoms with Gasteiger partial charge in [-0.2, -0.15) is 5.10 Å². The van der Waals surface area contributed by atoms with Gasteiger partial charge in [0.2, 0.25) is 0 Å². The van der Waals surface area contributed by atoms with E-state index in [4.69, 9.17) is 10.5 Å². The quantitative estimate of drug-likeness (QED) is 0.599. The molecule has 0 heterocycles. The first kappa shape index (κ1) is 12.0. The molecule has 1 rings (SSSR count). The van der Waals surface area contributed by atoms with Crippen LogP contribution < -0.4 is 15.9 Å². The van der Waals surface area contributed by atoms with Crippen molar-refractivity contribution >= 4 is 11.7 Å². The second-order valence-corrected chi connectivity index (χ2v) is 3.02. The lowest BCUT2D eigenvalue weighted by Crippen LogP contribution is -2.25. The van der Waals surface area contributed by atoms with Crippen LogP contribution >= 0.6 is 0 Å². The van der Waals surface area contributed by atoms with Gasteiger partial charge in [-0.05, 0) is 19.1 Å². The SMILES string of the molecule is COc1ccc(/C(C)=N\NC(N)=O)c(F)c1. The summed E-state index contributed by atoms with van der Waals surface area (Å²) in [5.74, 6) is -0.0659. The number of halogens is 1. The average Bonchev–Trinajstić information content (AvgIpc) is 2.25. The fourth-order valence-electron chi connectivity index (χ4n) is 1.12. The Morgan fingerprint density at radius 1 is 1.56 bits per heavy atom. The molecule has 0 radical (unpaired) electrons. The molecular weight excluding hydrogens is 213 g/mol. The number of hydrogen-bond donors (Lipinski definition) is 2. The number of nitrogens with zero attached hydrogens (tertiary/aromatic N) is 1. The first-order valence-corrected chi connectivity index (χ1v) is 4.48. The van der Waals surface area contributed by atoms with E-state index < -0.39 is 11.8 Å². The number of amides is 2. The number of benzene rings is 1. The number of urea groups is 1. The van der Waals surface area contributed by atoms with Crippen molar-refractivity contribution in [2.45, 2.75) is 6.92 Å². The Bertz CT molecular complexity index is 432. The molecule has 0 unspecified atom stereocenters. The van der Waals surface area contributed by atoms with Gasteiger partial charge in [0.25, 0.3) is 0 Å². The zero-order chi connectivity index (χ0) is 12.1. The van der Waals surface area contributed by atoms with Crippen molar-refractivity contribution in [3.8, 4) is 5.75 Å². The zero-order valence-electron chi connectivity index (χ0n) is 8.95. The van der Waals surface area contributed by atoms with Crippen LogP contribution in [-0.4, -0.2) is 18.9 Å². The summed E-state index contributed by atoms with van der Waals surface area (Å²) in [5, 5.41) is 3.62. The van der Waals surface area contributed by atoms with E-state index in [-0.39, 0.29) is 5.56 Å². The summed E-state index contributed by atoms with van der Waals surface area (Å²) in [5.41, 5.74) is 7.45. The number of ether oxygens (including phenoxy) is 1. The van der Waals surface area contributed by atoms with E-state index in [9.17, 15) is 9.18 Å². The van der Waals surface area contributed by atoms with Crippen LogP contribution in [-0.2, 0) is 0 Å². The summed E-state index contributed by atoms with van der Waals surface area (Å²) < 4.78 is 18.4. The highest BCUT2D eigenvalue weighted by Crippen LogP contribution is 2.16. The van der Waals surface area contributed by atoms with Crippen LogP contribution in [0.2, 0.25) is 0 Å². The number of nitrogens with two attached hydrogens (primary N) is 1. The molecule has 2 amide bonds. The number of nitrogens with one attached hydrogen (secondary N) is 1. The monoisotopic (exact) mass is 225 g/mol. The molecule has 0 saturated carbocycles. The minimum Gasteiger partial charge on any atom is -0.497 e. The van der Waals surface area contributed by atoms with Gasteiger partial charge in [0.1, 0.15) is 11.6 Å². The van der Waals surface area contributed by atoms with Crippen LogP contribution in [0.25, 0.3) is 0 Å². The smallest absolute Gasteiger partial charge is 0.332 e. The van der Waals surface area contributed by atoms with Crippen molar-refractivity contribution in [2.24, 2.45) is 10.8 Å². The predicted octanol–water partition coefficient (Wildman–Crippen LogP) is 1.23. The van der Waals surface area contributed by atoms with Crippen LogP contribution in [0.5, 0.6) is 5.75 Å². The van der Waals surface area contributed by atoms with Crippen LogP contribution in [0.4, 0.5) is 9.18 Å². The third-order valence-electron chi connectivity index (χ3n) is 1.90. The molecule has 0 bridgehead atoms. The van der Waals surface area contributed by atoms with Crippen molar-refractivity contribution < 1.29 is 13.9 Å². The van der Waals surface area contributed by atoms with Gasteiger partial charge in [0.15, 0.2) is 0 Å². The van der Waals surface area contributed by atoms with E-state index in [1.165, 1.54) is 19.2 Å². The van der Waals surface area contributed by atoms with Crippen LogP contribution in [0.3, 0.4) is 0 Å². The molecule has 0 aliphatic heterocycles. The second-order valence-electron chi connectivity index (χ2n) is 3.02. The summed E-state index contributed by atoms with van der Waals surface area (Å²) in [4.78, 5) is 10.4. The van der Waals surface area contributed by atoms with Gasteiger partial charge in [-0.1, -0.05) is 0 Å². The molecular formula is C10H12FN3O2. The third kappa shape index (κ3) is 2.94. The van der Waals surface area contributed by atoms with Crippen molar-refractivity contribution in [1.82, 2.24) is 5.43 Å². The maximum absolute atomic E-state index is 13.5. The molecule has 0 aromatic heterocycles. The minimum absolute atomic E-state index is 0.273. The lowest BCUT2D eigenvalue weighted by atomic mass is 10.1. The summed E-state index contributed by atoms with van der Waals surface area (Å²) >= 11 is 0. The Balaban J connectivity index is 2.95. The lowest BCUT2D eigenvalue weighted by molar-refractivity contribution is 0.249. The Morgan fingerprint density at radius 3 is 2.75 bits per heavy atom. The van der Waals surface area contributed by atoms with E-state index >= 15 is 0 Å². The number of carbonyl (C=O) groups is 1. The molecule has 1 aromatic carbocycles. The molecule has 1 aromatic rings. The highest BCUT2D eigenvalue weighted by atomic mass is 19.1. The zero-order valence-corrected chi connectivity index (χ0v) is 8.95. The summed E-state index contributed by atoms with van der Waals surface area (Å²) in [6, 6.07) is 3.55. The van der Waals surface area contributed by atoms with Gasteiger partial charge < -0.3 is 10.5 Å². The standard InChI is InChI=1S/C10H12FN3O2/c1-6(13-14-10(12)15)8-4-3-7(16-2)5-9(8)11/h3-5H,1-2H3,(H3,12,14,15)/b13-6-. The van der Waals surface area contributed by atoms with E-state index in [2.05, 4.69) is 5.10 Å². The number of carbonyl (C=O) groups excluding carboxylic acids is 1. The molecule has 5 nitrogen and oxygen atoms in total. The van der Waals surface area contributed by atoms with Crippen LogP contribution in [0.1, 0.15) is 12.5 Å². The van der Waals surface area contributed by atoms with Crippen molar-refractivity contribution in [1.29, 1.82) is 0 Å². The molecule has 0 spiro atoms. The van der Waals surface area contributed by atoms with Crippen LogP contribution in [0.15, 0.2) is 23.3 Å². The molecule has 0 fully saturated rings. The number of methoxy groups -OCH3 is 1. The van der Waals surface area contributed by atoms with Crippen molar-refractivity contribution in [2.75, 3.05) is 7.11 Å². The lowest BCUT2D eigenvalue weighted by Gasteiger charge is -2.05. The largest absolute Gasteiger partial charge is 0.497 e. The van der Waals surface area contributed by atoms with Gasteiger partial charge in [0, 0.05) is 11.6 Å². The van der Waals surface area contributed by atoms with Gasteiger partial charge in [-0.3, -0.25) is 0 Å². The van der Waals surface area contributed by atoms with E-state index in [1.54, 1.807) is 13.0 Å². The topological polar surface area (TPSA) is 76.7 Å². The Labute approximate surface area is 92.1 Å². The average molecular weight is 225 g/mol. The minimum atomic E-state index is -0.798. The highest BCUT2D eigenvalue weighted by Gasteiger charge is 2.07. The Kier molecular flexibility index (Phi) is 3.82. The molecule has 3 N–H and O–H groups in total. The first-order chi connectivity index (χ1) is 7.54. The number of hydrazone groups is 1. The van der Waals surface area contributed by atoms with Gasteiger partial charge in [-0.25, -0.2) is 14.6 Å². The van der Waals surface area contributed by atoms with Crippen molar-refractivity contribution in [3.63, 3.8) is 0 Å². The maximum Gasteiger partial charge on any atom is 0.332 e. The Hall–Kier alpha value is -2.11. The predicted molar refractivity (Wildman–Crippen MR) is 57.9 cm³/mol. The molecule has 16 heavy (non-hydrogen) atoms. The highest BCUT2D eigenvalue weighted by molar-refractivity contribution is 5.99. The van der Waals surface area contributed by atoms with E-state index in [1.807, 2.05) is 5.43 Å². The summed E-state index contributed by atoms with van der Waals surface area (Å²) in [6.07, 6.45) is 0. The second kappa shape index (κ2) is 5.11. The molecule has 0 atom stereocenters. The Morgan fingerprint density at radius 2 is 2.25 bits per heavy atom.